The third-order valence-electron chi connectivity index (χ3n) is 4.26. The monoisotopic (exact) mass is 398 g/mol. The van der Waals surface area contributed by atoms with Gasteiger partial charge in [-0.2, -0.15) is 5.26 Å². The van der Waals surface area contributed by atoms with E-state index in [2.05, 4.69) is 5.32 Å². The quantitative estimate of drug-likeness (QED) is 0.418. The van der Waals surface area contributed by atoms with Crippen LogP contribution in [0.15, 0.2) is 84.4 Å². The molecule has 0 heterocycles. The Morgan fingerprint density at radius 2 is 1.60 bits per heavy atom. The number of benzene rings is 3. The van der Waals surface area contributed by atoms with Crippen molar-refractivity contribution in [3.8, 4) is 17.6 Å². The van der Waals surface area contributed by atoms with E-state index < -0.39 is 5.91 Å². The first-order valence-corrected chi connectivity index (χ1v) is 9.62. The molecule has 0 aromatic heterocycles. The van der Waals surface area contributed by atoms with Gasteiger partial charge in [-0.05, 0) is 36.8 Å². The van der Waals surface area contributed by atoms with Crippen molar-refractivity contribution in [2.75, 3.05) is 11.9 Å². The number of rotatable bonds is 8. The first-order chi connectivity index (χ1) is 14.7. The van der Waals surface area contributed by atoms with Gasteiger partial charge in [-0.3, -0.25) is 4.79 Å². The summed E-state index contributed by atoms with van der Waals surface area (Å²) in [7, 11) is 0. The lowest BCUT2D eigenvalue weighted by molar-refractivity contribution is -0.112. The Hall–Kier alpha value is -4.04. The smallest absolute Gasteiger partial charge is 0.266 e. The van der Waals surface area contributed by atoms with Crippen LogP contribution in [0.25, 0.3) is 6.08 Å². The summed E-state index contributed by atoms with van der Waals surface area (Å²) in [5.74, 6) is 0.636. The third kappa shape index (κ3) is 5.49. The summed E-state index contributed by atoms with van der Waals surface area (Å²) in [6.07, 6.45) is 1.53. The zero-order valence-corrected chi connectivity index (χ0v) is 16.7. The van der Waals surface area contributed by atoms with Gasteiger partial charge in [-0.1, -0.05) is 60.7 Å². The fourth-order valence-electron chi connectivity index (χ4n) is 2.81. The summed E-state index contributed by atoms with van der Waals surface area (Å²) >= 11 is 0. The molecule has 0 aliphatic rings. The summed E-state index contributed by atoms with van der Waals surface area (Å²) in [5, 5.41) is 12.3. The number of amides is 1. The molecule has 0 radical (unpaired) electrons. The zero-order valence-electron chi connectivity index (χ0n) is 16.7. The summed E-state index contributed by atoms with van der Waals surface area (Å²) in [5.41, 5.74) is 2.16. The Morgan fingerprint density at radius 1 is 0.933 bits per heavy atom. The second-order valence-electron chi connectivity index (χ2n) is 6.37. The molecular formula is C25H22N2O3. The van der Waals surface area contributed by atoms with Crippen LogP contribution in [-0.2, 0) is 11.4 Å². The molecule has 0 spiro atoms. The fourth-order valence-corrected chi connectivity index (χ4v) is 2.81. The molecule has 1 N–H and O–H groups in total. The van der Waals surface area contributed by atoms with E-state index in [4.69, 9.17) is 9.47 Å². The highest BCUT2D eigenvalue weighted by molar-refractivity contribution is 6.10. The first-order valence-electron chi connectivity index (χ1n) is 9.62. The maximum absolute atomic E-state index is 12.7. The van der Waals surface area contributed by atoms with Gasteiger partial charge in [0.05, 0.1) is 12.3 Å². The van der Waals surface area contributed by atoms with Gasteiger partial charge >= 0.3 is 0 Å². The van der Waals surface area contributed by atoms with Crippen molar-refractivity contribution in [3.63, 3.8) is 0 Å². The van der Waals surface area contributed by atoms with Crippen LogP contribution in [0.3, 0.4) is 0 Å². The van der Waals surface area contributed by atoms with E-state index in [1.54, 1.807) is 24.3 Å². The third-order valence-corrected chi connectivity index (χ3v) is 4.26. The van der Waals surface area contributed by atoms with Crippen molar-refractivity contribution in [2.45, 2.75) is 13.5 Å². The van der Waals surface area contributed by atoms with E-state index in [1.165, 1.54) is 6.08 Å². The number of anilines is 1. The molecule has 3 aromatic rings. The summed E-state index contributed by atoms with van der Waals surface area (Å²) in [4.78, 5) is 12.7. The van der Waals surface area contributed by atoms with Crippen LogP contribution in [0.5, 0.6) is 11.5 Å². The number of nitriles is 1. The number of carbonyl (C=O) groups excluding carboxylic acids is 1. The SMILES string of the molecule is CCOc1ccccc1NC(=O)/C(C#N)=C/c1ccccc1OCc1ccccc1. The maximum Gasteiger partial charge on any atom is 0.266 e. The number of nitrogens with zero attached hydrogens (tertiary/aromatic N) is 1. The van der Waals surface area contributed by atoms with Crippen LogP contribution < -0.4 is 14.8 Å². The number of hydrogen-bond acceptors (Lipinski definition) is 4. The van der Waals surface area contributed by atoms with Gasteiger partial charge < -0.3 is 14.8 Å². The van der Waals surface area contributed by atoms with Crippen LogP contribution in [0.1, 0.15) is 18.1 Å². The van der Waals surface area contributed by atoms with Crippen molar-refractivity contribution in [1.82, 2.24) is 0 Å². The predicted octanol–water partition coefficient (Wildman–Crippen LogP) is 5.21. The van der Waals surface area contributed by atoms with E-state index in [1.807, 2.05) is 67.6 Å². The largest absolute Gasteiger partial charge is 0.492 e. The molecule has 30 heavy (non-hydrogen) atoms. The Balaban J connectivity index is 1.79. The molecule has 3 rings (SSSR count). The highest BCUT2D eigenvalue weighted by Gasteiger charge is 2.13. The molecule has 1 amide bonds. The van der Waals surface area contributed by atoms with Crippen molar-refractivity contribution >= 4 is 17.7 Å². The molecule has 5 heteroatoms. The molecule has 0 saturated carbocycles. The van der Waals surface area contributed by atoms with E-state index in [-0.39, 0.29) is 5.57 Å². The van der Waals surface area contributed by atoms with Gasteiger partial charge in [0, 0.05) is 5.56 Å². The summed E-state index contributed by atoms with van der Waals surface area (Å²) in [6.45, 7) is 2.73. The van der Waals surface area contributed by atoms with Crippen LogP contribution in [-0.4, -0.2) is 12.5 Å². The molecule has 0 aliphatic heterocycles. The number of para-hydroxylation sites is 3. The molecule has 0 bridgehead atoms. The van der Waals surface area contributed by atoms with Crippen molar-refractivity contribution in [3.05, 3.63) is 95.6 Å². The zero-order chi connectivity index (χ0) is 21.2. The first kappa shape index (κ1) is 20.7. The molecular weight excluding hydrogens is 376 g/mol. The predicted molar refractivity (Wildman–Crippen MR) is 117 cm³/mol. The lowest BCUT2D eigenvalue weighted by Crippen LogP contribution is -2.14. The number of hydrogen-bond donors (Lipinski definition) is 1. The topological polar surface area (TPSA) is 71.3 Å². The standard InChI is InChI=1S/C25H22N2O3/c1-2-29-24-15-9-7-13-22(24)27-25(28)21(17-26)16-20-12-6-8-14-23(20)30-18-19-10-4-3-5-11-19/h3-16H,2,18H2,1H3,(H,27,28)/b21-16+. The van der Waals surface area contributed by atoms with Crippen LogP contribution >= 0.6 is 0 Å². The number of carbonyl (C=O) groups is 1. The van der Waals surface area contributed by atoms with Crippen LogP contribution in [0.4, 0.5) is 5.69 Å². The minimum Gasteiger partial charge on any atom is -0.492 e. The van der Waals surface area contributed by atoms with Crippen molar-refractivity contribution < 1.29 is 14.3 Å². The highest BCUT2D eigenvalue weighted by atomic mass is 16.5. The molecule has 5 nitrogen and oxygen atoms in total. The molecule has 0 unspecified atom stereocenters. The molecule has 0 fully saturated rings. The van der Waals surface area contributed by atoms with E-state index >= 15 is 0 Å². The van der Waals surface area contributed by atoms with Crippen LogP contribution in [0, 0.1) is 11.3 Å². The number of nitrogens with one attached hydrogen (secondary N) is 1. The Bertz CT molecular complexity index is 1070. The highest BCUT2D eigenvalue weighted by Crippen LogP contribution is 2.26. The molecule has 150 valence electrons. The van der Waals surface area contributed by atoms with Crippen LogP contribution in [0.2, 0.25) is 0 Å². The molecule has 0 atom stereocenters. The average Bonchev–Trinajstić information content (AvgIpc) is 2.78. The van der Waals surface area contributed by atoms with Gasteiger partial charge in [-0.25, -0.2) is 0 Å². The van der Waals surface area contributed by atoms with E-state index in [0.717, 1.165) is 5.56 Å². The molecule has 3 aromatic carbocycles. The fraction of sp³-hybridized carbons (Fsp3) is 0.120. The van der Waals surface area contributed by atoms with Gasteiger partial charge in [-0.15, -0.1) is 0 Å². The average molecular weight is 398 g/mol. The Kier molecular flexibility index (Phi) is 7.23. The normalized spacial score (nSPS) is 10.7. The Morgan fingerprint density at radius 3 is 2.33 bits per heavy atom. The lowest BCUT2D eigenvalue weighted by atomic mass is 10.1. The Labute approximate surface area is 176 Å². The minimum atomic E-state index is -0.512. The van der Waals surface area contributed by atoms with Crippen molar-refractivity contribution in [1.29, 1.82) is 5.26 Å². The number of ether oxygens (including phenoxy) is 2. The minimum absolute atomic E-state index is 0.0305. The van der Waals surface area contributed by atoms with Gasteiger partial charge in [0.15, 0.2) is 0 Å². The summed E-state index contributed by atoms with van der Waals surface area (Å²) in [6, 6.07) is 26.2. The summed E-state index contributed by atoms with van der Waals surface area (Å²) < 4.78 is 11.4. The van der Waals surface area contributed by atoms with Gasteiger partial charge in [0.2, 0.25) is 0 Å². The molecule has 0 saturated heterocycles. The van der Waals surface area contributed by atoms with E-state index in [0.29, 0.717) is 36.0 Å². The maximum atomic E-state index is 12.7. The molecule has 0 aliphatic carbocycles. The second kappa shape index (κ2) is 10.5. The van der Waals surface area contributed by atoms with Gasteiger partial charge in [0.1, 0.15) is 29.7 Å². The van der Waals surface area contributed by atoms with Gasteiger partial charge in [0.25, 0.3) is 5.91 Å². The lowest BCUT2D eigenvalue weighted by Gasteiger charge is -2.12. The van der Waals surface area contributed by atoms with Crippen molar-refractivity contribution in [2.24, 2.45) is 0 Å². The second-order valence-corrected chi connectivity index (χ2v) is 6.37. The van der Waals surface area contributed by atoms with E-state index in [9.17, 15) is 10.1 Å².